The van der Waals surface area contributed by atoms with Gasteiger partial charge in [0.25, 0.3) is 5.91 Å². The number of ether oxygens (including phenoxy) is 1. The number of likely N-dealkylation sites (tertiary alicyclic amines) is 1. The summed E-state index contributed by atoms with van der Waals surface area (Å²) in [6.45, 7) is 3.45. The third-order valence-electron chi connectivity index (χ3n) is 3.84. The Morgan fingerprint density at radius 3 is 2.95 bits per heavy atom. The van der Waals surface area contributed by atoms with Gasteiger partial charge in [0.15, 0.2) is 6.61 Å². The highest BCUT2D eigenvalue weighted by Gasteiger charge is 2.30. The summed E-state index contributed by atoms with van der Waals surface area (Å²) in [4.78, 5) is 14.1. The Balaban J connectivity index is 0.00000220. The highest BCUT2D eigenvalue weighted by Crippen LogP contribution is 2.23. The lowest BCUT2D eigenvalue weighted by Gasteiger charge is -2.39. The normalized spacial score (nSPS) is 21.6. The van der Waals surface area contributed by atoms with Crippen molar-refractivity contribution in [3.63, 3.8) is 0 Å². The van der Waals surface area contributed by atoms with Crippen LogP contribution in [0.3, 0.4) is 0 Å². The van der Waals surface area contributed by atoms with E-state index in [0.717, 1.165) is 19.4 Å². The molecule has 4 nitrogen and oxygen atoms in total. The van der Waals surface area contributed by atoms with Crippen LogP contribution in [-0.4, -0.2) is 36.5 Å². The van der Waals surface area contributed by atoms with E-state index >= 15 is 0 Å². The maximum Gasteiger partial charge on any atom is 0.260 e. The predicted molar refractivity (Wildman–Crippen MR) is 87.1 cm³/mol. The minimum absolute atomic E-state index is 0. The maximum absolute atomic E-state index is 12.3. The molecule has 0 aliphatic carbocycles. The summed E-state index contributed by atoms with van der Waals surface area (Å²) >= 11 is 5.88. The molecule has 1 aromatic rings. The molecule has 2 N–H and O–H groups in total. The van der Waals surface area contributed by atoms with Crippen LogP contribution >= 0.6 is 24.0 Å². The van der Waals surface area contributed by atoms with Gasteiger partial charge in [-0.3, -0.25) is 4.79 Å². The van der Waals surface area contributed by atoms with Crippen molar-refractivity contribution < 1.29 is 9.53 Å². The molecule has 0 saturated carbocycles. The van der Waals surface area contributed by atoms with Gasteiger partial charge >= 0.3 is 0 Å². The van der Waals surface area contributed by atoms with Gasteiger partial charge in [-0.1, -0.05) is 24.6 Å². The van der Waals surface area contributed by atoms with E-state index in [1.165, 1.54) is 0 Å². The van der Waals surface area contributed by atoms with Gasteiger partial charge in [-0.05, 0) is 37.0 Å². The first-order valence-electron chi connectivity index (χ1n) is 6.99. The van der Waals surface area contributed by atoms with Gasteiger partial charge in [0.1, 0.15) is 5.75 Å². The van der Waals surface area contributed by atoms with Gasteiger partial charge in [-0.2, -0.15) is 0 Å². The average Bonchev–Trinajstić information content (AvgIpc) is 2.44. The SMILES string of the molecule is CC1CCCN(C(=O)COc2cccc(Cl)c2)C1CN.Cl. The summed E-state index contributed by atoms with van der Waals surface area (Å²) in [7, 11) is 0. The van der Waals surface area contributed by atoms with Crippen LogP contribution in [0.1, 0.15) is 19.8 Å². The molecule has 118 valence electrons. The molecule has 1 aliphatic rings. The van der Waals surface area contributed by atoms with Crippen molar-refractivity contribution in [1.82, 2.24) is 4.90 Å². The minimum Gasteiger partial charge on any atom is -0.484 e. The molecular weight excluding hydrogens is 311 g/mol. The van der Waals surface area contributed by atoms with E-state index in [1.807, 2.05) is 4.90 Å². The zero-order chi connectivity index (χ0) is 14.5. The second-order valence-corrected chi connectivity index (χ2v) is 5.69. The topological polar surface area (TPSA) is 55.6 Å². The largest absolute Gasteiger partial charge is 0.484 e. The number of rotatable bonds is 4. The summed E-state index contributed by atoms with van der Waals surface area (Å²) in [6.07, 6.45) is 2.15. The highest BCUT2D eigenvalue weighted by atomic mass is 35.5. The molecule has 0 radical (unpaired) electrons. The van der Waals surface area contributed by atoms with Crippen LogP contribution in [0.4, 0.5) is 0 Å². The molecule has 1 fully saturated rings. The number of piperidine rings is 1. The van der Waals surface area contributed by atoms with Crippen molar-refractivity contribution in [2.24, 2.45) is 11.7 Å². The number of halogens is 2. The lowest BCUT2D eigenvalue weighted by molar-refractivity contribution is -0.138. The van der Waals surface area contributed by atoms with Crippen LogP contribution in [0.2, 0.25) is 5.02 Å². The third kappa shape index (κ3) is 4.77. The highest BCUT2D eigenvalue weighted by molar-refractivity contribution is 6.30. The molecule has 21 heavy (non-hydrogen) atoms. The fourth-order valence-corrected chi connectivity index (χ4v) is 2.88. The minimum atomic E-state index is -0.00743. The first-order valence-corrected chi connectivity index (χ1v) is 7.37. The zero-order valence-corrected chi connectivity index (χ0v) is 13.7. The molecule has 0 aromatic heterocycles. The molecule has 2 rings (SSSR count). The van der Waals surface area contributed by atoms with Gasteiger partial charge in [0.2, 0.25) is 0 Å². The van der Waals surface area contributed by atoms with Crippen molar-refractivity contribution in [2.45, 2.75) is 25.8 Å². The number of nitrogens with two attached hydrogens (primary N) is 1. The second-order valence-electron chi connectivity index (χ2n) is 5.26. The summed E-state index contributed by atoms with van der Waals surface area (Å²) < 4.78 is 5.51. The van der Waals surface area contributed by atoms with Crippen molar-refractivity contribution in [2.75, 3.05) is 19.7 Å². The first kappa shape index (κ1) is 18.1. The molecule has 6 heteroatoms. The number of nitrogens with zero attached hydrogens (tertiary/aromatic N) is 1. The molecule has 0 spiro atoms. The van der Waals surface area contributed by atoms with E-state index in [1.54, 1.807) is 24.3 Å². The van der Waals surface area contributed by atoms with Crippen LogP contribution in [0, 0.1) is 5.92 Å². The average molecular weight is 333 g/mol. The number of amides is 1. The Kier molecular flexibility index (Phi) is 7.29. The fraction of sp³-hybridized carbons (Fsp3) is 0.533. The Labute approximate surface area is 137 Å². The van der Waals surface area contributed by atoms with Gasteiger partial charge in [-0.25, -0.2) is 0 Å². The maximum atomic E-state index is 12.3. The number of carbonyl (C=O) groups is 1. The van der Waals surface area contributed by atoms with E-state index < -0.39 is 0 Å². The summed E-state index contributed by atoms with van der Waals surface area (Å²) in [5.41, 5.74) is 5.80. The Bertz CT molecular complexity index is 471. The van der Waals surface area contributed by atoms with Gasteiger partial charge in [-0.15, -0.1) is 12.4 Å². The Hall–Kier alpha value is -0.970. The van der Waals surface area contributed by atoms with Crippen LogP contribution in [-0.2, 0) is 4.79 Å². The van der Waals surface area contributed by atoms with Gasteiger partial charge in [0, 0.05) is 24.2 Å². The summed E-state index contributed by atoms with van der Waals surface area (Å²) in [5.74, 6) is 1.05. The molecule has 2 unspecified atom stereocenters. The quantitative estimate of drug-likeness (QED) is 0.922. The number of hydrogen-bond donors (Lipinski definition) is 1. The van der Waals surface area contributed by atoms with Crippen molar-refractivity contribution in [3.8, 4) is 5.75 Å². The Morgan fingerprint density at radius 1 is 1.52 bits per heavy atom. The van der Waals surface area contributed by atoms with E-state index in [9.17, 15) is 4.79 Å². The molecule has 0 bridgehead atoms. The number of benzene rings is 1. The molecule has 1 amide bonds. The molecule has 1 aliphatic heterocycles. The zero-order valence-electron chi connectivity index (χ0n) is 12.1. The Morgan fingerprint density at radius 2 is 2.29 bits per heavy atom. The van der Waals surface area contributed by atoms with Crippen LogP contribution < -0.4 is 10.5 Å². The van der Waals surface area contributed by atoms with Gasteiger partial charge in [0.05, 0.1) is 0 Å². The molecule has 1 aromatic carbocycles. The van der Waals surface area contributed by atoms with Crippen LogP contribution in [0.25, 0.3) is 0 Å². The van der Waals surface area contributed by atoms with E-state index in [0.29, 0.717) is 23.2 Å². The van der Waals surface area contributed by atoms with E-state index in [2.05, 4.69) is 6.92 Å². The standard InChI is InChI=1S/C15H21ClN2O2.ClH/c1-11-4-3-7-18(14(11)9-17)15(19)10-20-13-6-2-5-12(16)8-13;/h2,5-6,8,11,14H,3-4,7,9-10,17H2,1H3;1H. The smallest absolute Gasteiger partial charge is 0.260 e. The second kappa shape index (κ2) is 8.47. The lowest BCUT2D eigenvalue weighted by atomic mass is 9.91. The number of carbonyl (C=O) groups excluding carboxylic acids is 1. The predicted octanol–water partition coefficient (Wildman–Crippen LogP) is 2.73. The van der Waals surface area contributed by atoms with Crippen LogP contribution in [0.5, 0.6) is 5.75 Å². The lowest BCUT2D eigenvalue weighted by Crippen LogP contribution is -2.52. The molecular formula is C15H22Cl2N2O2. The molecule has 1 saturated heterocycles. The summed E-state index contributed by atoms with van der Waals surface area (Å²) in [6, 6.07) is 7.19. The van der Waals surface area contributed by atoms with E-state index in [-0.39, 0.29) is 31.0 Å². The van der Waals surface area contributed by atoms with Crippen molar-refractivity contribution in [3.05, 3.63) is 29.3 Å². The van der Waals surface area contributed by atoms with Gasteiger partial charge < -0.3 is 15.4 Å². The first-order chi connectivity index (χ1) is 9.61. The monoisotopic (exact) mass is 332 g/mol. The van der Waals surface area contributed by atoms with Crippen molar-refractivity contribution in [1.29, 1.82) is 0 Å². The third-order valence-corrected chi connectivity index (χ3v) is 4.07. The fourth-order valence-electron chi connectivity index (χ4n) is 2.70. The van der Waals surface area contributed by atoms with E-state index in [4.69, 9.17) is 22.1 Å². The summed E-state index contributed by atoms with van der Waals surface area (Å²) in [5, 5.41) is 0.598. The molecule has 2 atom stereocenters. The number of hydrogen-bond acceptors (Lipinski definition) is 3. The van der Waals surface area contributed by atoms with Crippen LogP contribution in [0.15, 0.2) is 24.3 Å². The van der Waals surface area contributed by atoms with Crippen molar-refractivity contribution >= 4 is 29.9 Å². The molecule has 1 heterocycles.